The molecule has 2 atom stereocenters. The minimum Gasteiger partial charge on any atom is -0.497 e. The summed E-state index contributed by atoms with van der Waals surface area (Å²) in [5.41, 5.74) is 6.58. The molecule has 2 fully saturated rings. The number of carbonyl (C=O) groups is 1. The first-order chi connectivity index (χ1) is 13.3. The number of amides is 1. The van der Waals surface area contributed by atoms with Crippen molar-refractivity contribution < 1.29 is 14.3 Å². The van der Waals surface area contributed by atoms with Crippen molar-refractivity contribution in [2.75, 3.05) is 20.3 Å². The van der Waals surface area contributed by atoms with Crippen LogP contribution in [0.2, 0.25) is 0 Å². The van der Waals surface area contributed by atoms with Crippen LogP contribution in [0.5, 0.6) is 5.75 Å². The zero-order valence-electron chi connectivity index (χ0n) is 17.8. The first-order valence-corrected chi connectivity index (χ1v) is 10.6. The predicted molar refractivity (Wildman–Crippen MR) is 111 cm³/mol. The van der Waals surface area contributed by atoms with E-state index in [0.717, 1.165) is 18.6 Å². The molecule has 5 heteroatoms. The van der Waals surface area contributed by atoms with Crippen molar-refractivity contribution in [1.82, 2.24) is 5.32 Å². The Morgan fingerprint density at radius 1 is 1.18 bits per heavy atom. The van der Waals surface area contributed by atoms with Crippen LogP contribution in [0.1, 0.15) is 64.9 Å². The Morgan fingerprint density at radius 2 is 1.82 bits per heavy atom. The summed E-state index contributed by atoms with van der Waals surface area (Å²) in [6.07, 6.45) is 6.43. The number of nitrogens with two attached hydrogens (primary N) is 1. The van der Waals surface area contributed by atoms with Crippen molar-refractivity contribution >= 4 is 5.91 Å². The lowest BCUT2D eigenvalue weighted by molar-refractivity contribution is -0.170. The van der Waals surface area contributed by atoms with Crippen LogP contribution in [0, 0.1) is 5.41 Å². The number of nitrogens with one attached hydrogen (secondary N) is 1. The molecule has 1 aromatic carbocycles. The lowest BCUT2D eigenvalue weighted by atomic mass is 9.54. The van der Waals surface area contributed by atoms with E-state index in [2.05, 4.69) is 17.4 Å². The van der Waals surface area contributed by atoms with Gasteiger partial charge in [0.2, 0.25) is 5.91 Å². The summed E-state index contributed by atoms with van der Waals surface area (Å²) in [4.78, 5) is 13.1. The molecule has 3 N–H and O–H groups in total. The number of ether oxygens (including phenoxy) is 2. The molecule has 0 saturated heterocycles. The van der Waals surface area contributed by atoms with E-state index in [0.29, 0.717) is 19.6 Å². The van der Waals surface area contributed by atoms with Crippen LogP contribution in [0.25, 0.3) is 0 Å². The average Bonchev–Trinajstić information content (AvgIpc) is 2.72. The fourth-order valence-electron chi connectivity index (χ4n) is 4.97. The molecule has 0 radical (unpaired) electrons. The van der Waals surface area contributed by atoms with Crippen LogP contribution >= 0.6 is 0 Å². The topological polar surface area (TPSA) is 73.6 Å². The Kier molecular flexibility index (Phi) is 6.06. The normalized spacial score (nSPS) is 28.2. The molecule has 0 aromatic heterocycles. The van der Waals surface area contributed by atoms with Gasteiger partial charge in [0, 0.05) is 30.4 Å². The van der Waals surface area contributed by atoms with Gasteiger partial charge in [-0.25, -0.2) is 0 Å². The van der Waals surface area contributed by atoms with Crippen LogP contribution in [0.3, 0.4) is 0 Å². The van der Waals surface area contributed by atoms with Crippen molar-refractivity contribution in [1.29, 1.82) is 0 Å². The molecule has 2 aliphatic carbocycles. The second-order valence-corrected chi connectivity index (χ2v) is 9.09. The summed E-state index contributed by atoms with van der Waals surface area (Å²) in [6, 6.07) is 8.32. The number of carbonyl (C=O) groups excluding carboxylic acids is 1. The molecule has 28 heavy (non-hydrogen) atoms. The molecular weight excluding hydrogens is 352 g/mol. The lowest BCUT2D eigenvalue weighted by Gasteiger charge is -2.57. The summed E-state index contributed by atoms with van der Waals surface area (Å²) in [5, 5.41) is 3.23. The van der Waals surface area contributed by atoms with Crippen molar-refractivity contribution in [3.63, 3.8) is 0 Å². The fraction of sp³-hybridized carbons (Fsp3) is 0.696. The highest BCUT2D eigenvalue weighted by molar-refractivity contribution is 5.88. The number of hydrogen-bond donors (Lipinski definition) is 2. The molecule has 5 nitrogen and oxygen atoms in total. The molecule has 0 heterocycles. The van der Waals surface area contributed by atoms with Crippen molar-refractivity contribution in [3.8, 4) is 5.75 Å². The fourth-order valence-corrected chi connectivity index (χ4v) is 4.97. The second-order valence-electron chi connectivity index (χ2n) is 9.09. The lowest BCUT2D eigenvalue weighted by Crippen LogP contribution is -2.76. The van der Waals surface area contributed by atoms with Crippen molar-refractivity contribution in [2.45, 2.75) is 76.4 Å². The maximum Gasteiger partial charge on any atom is 0.240 e. The van der Waals surface area contributed by atoms with Gasteiger partial charge in [-0.15, -0.1) is 0 Å². The first-order valence-electron chi connectivity index (χ1n) is 10.6. The van der Waals surface area contributed by atoms with Gasteiger partial charge in [-0.3, -0.25) is 4.79 Å². The smallest absolute Gasteiger partial charge is 0.240 e. The molecule has 3 rings (SSSR count). The highest BCUT2D eigenvalue weighted by atomic mass is 16.5. The molecule has 0 aliphatic heterocycles. The Labute approximate surface area is 169 Å². The van der Waals surface area contributed by atoms with Gasteiger partial charge in [0.25, 0.3) is 0 Å². The second kappa shape index (κ2) is 8.03. The molecule has 156 valence electrons. The molecule has 2 aliphatic rings. The molecule has 2 saturated carbocycles. The average molecular weight is 389 g/mol. The van der Waals surface area contributed by atoms with Gasteiger partial charge in [-0.1, -0.05) is 45.2 Å². The highest BCUT2D eigenvalue weighted by Gasteiger charge is 2.63. The number of methoxy groups -OCH3 is 1. The molecular formula is C23H36N2O3. The van der Waals surface area contributed by atoms with E-state index in [-0.39, 0.29) is 22.8 Å². The van der Waals surface area contributed by atoms with Crippen molar-refractivity contribution in [3.05, 3.63) is 29.8 Å². The third-order valence-corrected chi connectivity index (χ3v) is 7.34. The summed E-state index contributed by atoms with van der Waals surface area (Å²) in [6.45, 7) is 7.33. The van der Waals surface area contributed by atoms with E-state index in [4.69, 9.17) is 15.2 Å². The van der Waals surface area contributed by atoms with Gasteiger partial charge in [-0.05, 0) is 37.5 Å². The maximum absolute atomic E-state index is 13.1. The Bertz CT molecular complexity index is 680. The van der Waals surface area contributed by atoms with Gasteiger partial charge >= 0.3 is 0 Å². The van der Waals surface area contributed by atoms with E-state index < -0.39 is 5.54 Å². The number of benzene rings is 1. The van der Waals surface area contributed by atoms with Gasteiger partial charge in [0.1, 0.15) is 11.3 Å². The quantitative estimate of drug-likeness (QED) is 0.749. The summed E-state index contributed by atoms with van der Waals surface area (Å²) < 4.78 is 11.1. The van der Waals surface area contributed by atoms with Crippen LogP contribution in [-0.4, -0.2) is 37.8 Å². The van der Waals surface area contributed by atoms with E-state index in [1.165, 1.54) is 24.8 Å². The number of hydrogen-bond acceptors (Lipinski definition) is 4. The first kappa shape index (κ1) is 21.1. The standard InChI is InChI=1S/C23H36N2O3/c1-5-28-19-15-23(24,21(19,2)3)20(26)25-16-22(13-7-6-8-14-22)17-9-11-18(27-4)12-10-17/h9-12,19H,5-8,13-16,24H2,1-4H3,(H,25,26). The maximum atomic E-state index is 13.1. The van der Waals surface area contributed by atoms with Gasteiger partial charge < -0.3 is 20.5 Å². The molecule has 0 bridgehead atoms. The van der Waals surface area contributed by atoms with Crippen molar-refractivity contribution in [2.24, 2.45) is 11.1 Å². The van der Waals surface area contributed by atoms with Crippen LogP contribution in [0.4, 0.5) is 0 Å². The minimum atomic E-state index is -0.872. The molecule has 1 aromatic rings. The summed E-state index contributed by atoms with van der Waals surface area (Å²) >= 11 is 0. The highest BCUT2D eigenvalue weighted by Crippen LogP contribution is 2.50. The van der Waals surface area contributed by atoms with E-state index in [1.807, 2.05) is 32.9 Å². The van der Waals surface area contributed by atoms with Crippen LogP contribution < -0.4 is 15.8 Å². The Morgan fingerprint density at radius 3 is 2.36 bits per heavy atom. The van der Waals surface area contributed by atoms with E-state index in [1.54, 1.807) is 7.11 Å². The number of rotatable bonds is 7. The van der Waals surface area contributed by atoms with Crippen LogP contribution in [0.15, 0.2) is 24.3 Å². The predicted octanol–water partition coefficient (Wildman–Crippen LogP) is 3.55. The zero-order valence-corrected chi connectivity index (χ0v) is 17.8. The van der Waals surface area contributed by atoms with Gasteiger partial charge in [-0.2, -0.15) is 0 Å². The van der Waals surface area contributed by atoms with Gasteiger partial charge in [0.05, 0.1) is 13.2 Å². The third kappa shape index (κ3) is 3.55. The monoisotopic (exact) mass is 388 g/mol. The Balaban J connectivity index is 1.73. The van der Waals surface area contributed by atoms with Gasteiger partial charge in [0.15, 0.2) is 0 Å². The summed E-state index contributed by atoms with van der Waals surface area (Å²) in [7, 11) is 1.68. The molecule has 2 unspecified atom stereocenters. The minimum absolute atomic E-state index is 0.0241. The van der Waals surface area contributed by atoms with Crippen LogP contribution in [-0.2, 0) is 14.9 Å². The Hall–Kier alpha value is -1.59. The van der Waals surface area contributed by atoms with E-state index in [9.17, 15) is 4.79 Å². The summed E-state index contributed by atoms with van der Waals surface area (Å²) in [5.74, 6) is 0.810. The largest absolute Gasteiger partial charge is 0.497 e. The third-order valence-electron chi connectivity index (χ3n) is 7.34. The van der Waals surface area contributed by atoms with E-state index >= 15 is 0 Å². The SMILES string of the molecule is CCOC1CC(N)(C(=O)NCC2(c3ccc(OC)cc3)CCCCC2)C1(C)C. The zero-order chi connectivity index (χ0) is 20.4. The molecule has 0 spiro atoms. The molecule has 1 amide bonds.